The molecule has 4 N–H and O–H groups in total. The zero-order valence-corrected chi connectivity index (χ0v) is 15.8. The number of para-hydroxylation sites is 1. The number of carbonyl (C=O) groups is 1. The third-order valence-electron chi connectivity index (χ3n) is 5.06. The topological polar surface area (TPSA) is 70.9 Å². The number of unbranched alkanes of at least 4 members (excludes halogenated alkanes) is 3. The van der Waals surface area contributed by atoms with Crippen molar-refractivity contribution >= 4 is 16.8 Å². The van der Waals surface area contributed by atoms with Gasteiger partial charge in [-0.05, 0) is 36.6 Å². The summed E-state index contributed by atoms with van der Waals surface area (Å²) in [4.78, 5) is 15.7. The number of amides is 1. The number of benzene rings is 2. The standard InChI is InChI=1S/C23H29N3O/c24-15-9-2-1-6-14-23(27)26-16-20(18-10-4-3-5-11-18)21-17-25-22-13-8-7-12-19(21)22/h3-5,7-8,10-13,17,20,25H,1-2,6,9,14-16,24H2,(H,26,27). The van der Waals surface area contributed by atoms with Gasteiger partial charge in [-0.3, -0.25) is 4.79 Å². The van der Waals surface area contributed by atoms with E-state index in [9.17, 15) is 4.79 Å². The zero-order valence-electron chi connectivity index (χ0n) is 15.8. The SMILES string of the molecule is NCCCCCCC(=O)NCC(c1ccccc1)c1c[nH]c2ccccc12. The molecule has 1 amide bonds. The van der Waals surface area contributed by atoms with Crippen LogP contribution in [0.5, 0.6) is 0 Å². The number of fused-ring (bicyclic) bond motifs is 1. The summed E-state index contributed by atoms with van der Waals surface area (Å²) in [7, 11) is 0. The Hall–Kier alpha value is -2.59. The smallest absolute Gasteiger partial charge is 0.220 e. The van der Waals surface area contributed by atoms with Crippen LogP contribution < -0.4 is 11.1 Å². The van der Waals surface area contributed by atoms with Gasteiger partial charge in [-0.1, -0.05) is 61.4 Å². The molecule has 0 aliphatic rings. The summed E-state index contributed by atoms with van der Waals surface area (Å²) in [6, 6.07) is 18.7. The summed E-state index contributed by atoms with van der Waals surface area (Å²) in [5, 5.41) is 4.36. The molecule has 0 bridgehead atoms. The average molecular weight is 364 g/mol. The second-order valence-corrected chi connectivity index (χ2v) is 7.01. The van der Waals surface area contributed by atoms with E-state index in [-0.39, 0.29) is 11.8 Å². The number of hydrogen-bond acceptors (Lipinski definition) is 2. The van der Waals surface area contributed by atoms with E-state index >= 15 is 0 Å². The molecule has 4 nitrogen and oxygen atoms in total. The first-order chi connectivity index (χ1) is 13.3. The van der Waals surface area contributed by atoms with Crippen molar-refractivity contribution < 1.29 is 4.79 Å². The fraction of sp³-hybridized carbons (Fsp3) is 0.348. The molecule has 3 aromatic rings. The van der Waals surface area contributed by atoms with E-state index in [1.807, 2.05) is 12.1 Å². The summed E-state index contributed by atoms with van der Waals surface area (Å²) in [6.07, 6.45) is 6.79. The Morgan fingerprint density at radius 1 is 0.963 bits per heavy atom. The van der Waals surface area contributed by atoms with Gasteiger partial charge in [-0.2, -0.15) is 0 Å². The Bertz CT molecular complexity index is 841. The molecule has 27 heavy (non-hydrogen) atoms. The molecule has 2 aromatic carbocycles. The van der Waals surface area contributed by atoms with Gasteiger partial charge in [0, 0.05) is 36.0 Å². The fourth-order valence-corrected chi connectivity index (χ4v) is 3.56. The lowest BCUT2D eigenvalue weighted by Crippen LogP contribution is -2.28. The average Bonchev–Trinajstić information content (AvgIpc) is 3.13. The lowest BCUT2D eigenvalue weighted by Gasteiger charge is -2.18. The summed E-state index contributed by atoms with van der Waals surface area (Å²) in [6.45, 7) is 1.34. The van der Waals surface area contributed by atoms with Gasteiger partial charge in [0.1, 0.15) is 0 Å². The molecule has 1 unspecified atom stereocenters. The Morgan fingerprint density at radius 3 is 2.52 bits per heavy atom. The van der Waals surface area contributed by atoms with Crippen LogP contribution in [-0.2, 0) is 4.79 Å². The van der Waals surface area contributed by atoms with Crippen LogP contribution in [0.2, 0.25) is 0 Å². The molecule has 3 rings (SSSR count). The fourth-order valence-electron chi connectivity index (χ4n) is 3.56. The predicted molar refractivity (Wildman–Crippen MR) is 112 cm³/mol. The lowest BCUT2D eigenvalue weighted by molar-refractivity contribution is -0.121. The van der Waals surface area contributed by atoms with E-state index in [0.717, 1.165) is 37.7 Å². The number of nitrogens with two attached hydrogens (primary N) is 1. The second kappa shape index (κ2) is 9.93. The van der Waals surface area contributed by atoms with Gasteiger partial charge in [-0.15, -0.1) is 0 Å². The van der Waals surface area contributed by atoms with Crippen LogP contribution in [0.1, 0.15) is 49.1 Å². The van der Waals surface area contributed by atoms with Crippen molar-refractivity contribution in [2.75, 3.05) is 13.1 Å². The highest BCUT2D eigenvalue weighted by Crippen LogP contribution is 2.30. The summed E-state index contributed by atoms with van der Waals surface area (Å²) >= 11 is 0. The minimum absolute atomic E-state index is 0.128. The normalized spacial score (nSPS) is 12.2. The molecule has 0 saturated heterocycles. The van der Waals surface area contributed by atoms with E-state index in [2.05, 4.69) is 59.0 Å². The van der Waals surface area contributed by atoms with Crippen molar-refractivity contribution in [3.8, 4) is 0 Å². The summed E-state index contributed by atoms with van der Waals surface area (Å²) in [5.41, 5.74) is 9.07. The minimum atomic E-state index is 0.128. The van der Waals surface area contributed by atoms with Gasteiger partial charge < -0.3 is 16.0 Å². The van der Waals surface area contributed by atoms with Crippen molar-refractivity contribution in [2.24, 2.45) is 5.73 Å². The van der Waals surface area contributed by atoms with Crippen molar-refractivity contribution in [1.29, 1.82) is 0 Å². The molecular formula is C23H29N3O. The largest absolute Gasteiger partial charge is 0.361 e. The first-order valence-electron chi connectivity index (χ1n) is 9.87. The molecule has 4 heteroatoms. The van der Waals surface area contributed by atoms with E-state index < -0.39 is 0 Å². The Labute approximate surface area is 161 Å². The molecule has 0 saturated carbocycles. The van der Waals surface area contributed by atoms with Gasteiger partial charge in [0.15, 0.2) is 0 Å². The first kappa shape index (κ1) is 19.2. The number of aromatic amines is 1. The maximum absolute atomic E-state index is 12.3. The molecule has 0 spiro atoms. The van der Waals surface area contributed by atoms with Gasteiger partial charge in [0.25, 0.3) is 0 Å². The van der Waals surface area contributed by atoms with Gasteiger partial charge >= 0.3 is 0 Å². The molecular weight excluding hydrogens is 334 g/mol. The highest BCUT2D eigenvalue weighted by Gasteiger charge is 2.18. The summed E-state index contributed by atoms with van der Waals surface area (Å²) in [5.74, 6) is 0.257. The second-order valence-electron chi connectivity index (χ2n) is 7.01. The van der Waals surface area contributed by atoms with Crippen LogP contribution in [0.3, 0.4) is 0 Å². The van der Waals surface area contributed by atoms with Gasteiger partial charge in [0.05, 0.1) is 0 Å². The number of H-pyrrole nitrogens is 1. The zero-order chi connectivity index (χ0) is 18.9. The van der Waals surface area contributed by atoms with E-state index in [1.54, 1.807) is 0 Å². The Balaban J connectivity index is 1.68. The van der Waals surface area contributed by atoms with Crippen LogP contribution >= 0.6 is 0 Å². The Kier molecular flexibility index (Phi) is 7.05. The number of carbonyl (C=O) groups excluding carboxylic acids is 1. The maximum Gasteiger partial charge on any atom is 0.220 e. The number of aromatic nitrogens is 1. The highest BCUT2D eigenvalue weighted by molar-refractivity contribution is 5.84. The quantitative estimate of drug-likeness (QED) is 0.469. The molecule has 0 radical (unpaired) electrons. The van der Waals surface area contributed by atoms with Crippen LogP contribution in [0.25, 0.3) is 10.9 Å². The third-order valence-corrected chi connectivity index (χ3v) is 5.06. The lowest BCUT2D eigenvalue weighted by atomic mass is 9.91. The minimum Gasteiger partial charge on any atom is -0.361 e. The van der Waals surface area contributed by atoms with Crippen LogP contribution in [0.4, 0.5) is 0 Å². The van der Waals surface area contributed by atoms with Crippen molar-refractivity contribution in [2.45, 2.75) is 38.0 Å². The molecule has 1 aromatic heterocycles. The highest BCUT2D eigenvalue weighted by atomic mass is 16.1. The van der Waals surface area contributed by atoms with Crippen molar-refractivity contribution in [1.82, 2.24) is 10.3 Å². The van der Waals surface area contributed by atoms with E-state index in [4.69, 9.17) is 5.73 Å². The molecule has 1 atom stereocenters. The predicted octanol–water partition coefficient (Wildman–Crippen LogP) is 4.33. The number of rotatable bonds is 10. The first-order valence-corrected chi connectivity index (χ1v) is 9.87. The van der Waals surface area contributed by atoms with Gasteiger partial charge in [-0.25, -0.2) is 0 Å². The molecule has 0 aliphatic heterocycles. The van der Waals surface area contributed by atoms with E-state index in [0.29, 0.717) is 13.0 Å². The maximum atomic E-state index is 12.3. The summed E-state index contributed by atoms with van der Waals surface area (Å²) < 4.78 is 0. The van der Waals surface area contributed by atoms with Gasteiger partial charge in [0.2, 0.25) is 5.91 Å². The molecule has 0 fully saturated rings. The number of nitrogens with one attached hydrogen (secondary N) is 2. The van der Waals surface area contributed by atoms with Crippen molar-refractivity contribution in [3.05, 3.63) is 71.9 Å². The molecule has 1 heterocycles. The monoisotopic (exact) mass is 363 g/mol. The van der Waals surface area contributed by atoms with E-state index in [1.165, 1.54) is 16.5 Å². The van der Waals surface area contributed by atoms with Crippen LogP contribution in [-0.4, -0.2) is 24.0 Å². The van der Waals surface area contributed by atoms with Crippen LogP contribution in [0.15, 0.2) is 60.8 Å². The number of hydrogen-bond donors (Lipinski definition) is 3. The molecule has 142 valence electrons. The van der Waals surface area contributed by atoms with Crippen molar-refractivity contribution in [3.63, 3.8) is 0 Å². The van der Waals surface area contributed by atoms with Crippen LogP contribution in [0, 0.1) is 0 Å². The molecule has 0 aliphatic carbocycles. The Morgan fingerprint density at radius 2 is 1.70 bits per heavy atom. The third kappa shape index (κ3) is 5.20.